The Labute approximate surface area is 145 Å². The Morgan fingerprint density at radius 3 is 2.16 bits per heavy atom. The van der Waals surface area contributed by atoms with Crippen LogP contribution in [-0.4, -0.2) is 32.6 Å². The van der Waals surface area contributed by atoms with E-state index in [1.807, 2.05) is 24.3 Å². The third-order valence-electron chi connectivity index (χ3n) is 4.52. The first-order valence-electron chi connectivity index (χ1n) is 7.71. The monoisotopic (exact) mass is 362 g/mol. The fourth-order valence-corrected chi connectivity index (χ4v) is 4.17. The van der Waals surface area contributed by atoms with Gasteiger partial charge in [-0.1, -0.05) is 24.3 Å². The molecular formula is C17H18N2O5S. The number of non-ortho nitro benzene ring substituents is 1. The highest BCUT2D eigenvalue weighted by Gasteiger charge is 2.38. The minimum Gasteiger partial charge on any atom is -0.376 e. The largest absolute Gasteiger partial charge is 0.376 e. The van der Waals surface area contributed by atoms with Crippen LogP contribution in [0, 0.1) is 10.1 Å². The first kappa shape index (κ1) is 17.5. The molecule has 1 aliphatic rings. The number of nitrogens with one attached hydrogen (secondary N) is 1. The molecule has 132 valence electrons. The van der Waals surface area contributed by atoms with Crippen molar-refractivity contribution in [3.63, 3.8) is 0 Å². The maximum Gasteiger partial charge on any atom is 0.269 e. The van der Waals surface area contributed by atoms with Crippen LogP contribution in [0.4, 0.5) is 5.69 Å². The molecule has 0 saturated heterocycles. The topological polar surface area (TPSA) is 98.5 Å². The van der Waals surface area contributed by atoms with Crippen LogP contribution in [0.15, 0.2) is 53.4 Å². The lowest BCUT2D eigenvalue weighted by molar-refractivity contribution is -0.384. The third-order valence-corrected chi connectivity index (χ3v) is 5.94. The molecule has 2 aromatic carbocycles. The van der Waals surface area contributed by atoms with Gasteiger partial charge in [0, 0.05) is 38.6 Å². The van der Waals surface area contributed by atoms with Crippen LogP contribution in [-0.2, 0) is 27.6 Å². The molecule has 8 heteroatoms. The molecule has 0 saturated carbocycles. The van der Waals surface area contributed by atoms with Crippen molar-refractivity contribution in [3.05, 3.63) is 69.8 Å². The van der Waals surface area contributed by atoms with Crippen molar-refractivity contribution in [1.29, 1.82) is 0 Å². The zero-order valence-corrected chi connectivity index (χ0v) is 14.5. The number of ether oxygens (including phenoxy) is 1. The van der Waals surface area contributed by atoms with Crippen LogP contribution in [0.5, 0.6) is 0 Å². The molecule has 7 nitrogen and oxygen atoms in total. The fourth-order valence-electron chi connectivity index (χ4n) is 3.06. The van der Waals surface area contributed by atoms with Gasteiger partial charge in [-0.25, -0.2) is 13.1 Å². The van der Waals surface area contributed by atoms with Gasteiger partial charge in [0.25, 0.3) is 5.69 Å². The van der Waals surface area contributed by atoms with E-state index in [-0.39, 0.29) is 17.1 Å². The summed E-state index contributed by atoms with van der Waals surface area (Å²) < 4.78 is 33.1. The van der Waals surface area contributed by atoms with Gasteiger partial charge < -0.3 is 4.74 Å². The number of nitro groups is 1. The molecule has 3 rings (SSSR count). The Morgan fingerprint density at radius 1 is 1.12 bits per heavy atom. The average Bonchev–Trinajstić information content (AvgIpc) is 2.99. The lowest BCUT2D eigenvalue weighted by Gasteiger charge is -2.27. The Balaban J connectivity index is 1.74. The highest BCUT2D eigenvalue weighted by Crippen LogP contribution is 2.32. The summed E-state index contributed by atoms with van der Waals surface area (Å²) in [7, 11) is -2.20. The summed E-state index contributed by atoms with van der Waals surface area (Å²) in [6, 6.07) is 12.7. The molecule has 0 heterocycles. The standard InChI is InChI=1S/C17H18N2O5S/c1-24-17(10-13-4-2-3-5-14(13)11-17)12-18-25(22,23)16-8-6-15(7-9-16)19(20)21/h2-9,18H,10-12H2,1H3. The van der Waals surface area contributed by atoms with E-state index in [0.29, 0.717) is 12.8 Å². The predicted molar refractivity (Wildman–Crippen MR) is 91.9 cm³/mol. The number of hydrogen-bond donors (Lipinski definition) is 1. The van der Waals surface area contributed by atoms with Gasteiger partial charge in [-0.15, -0.1) is 0 Å². The van der Waals surface area contributed by atoms with Gasteiger partial charge in [-0.3, -0.25) is 10.1 Å². The first-order chi connectivity index (χ1) is 11.9. The van der Waals surface area contributed by atoms with Gasteiger partial charge in [-0.05, 0) is 23.3 Å². The fraction of sp³-hybridized carbons (Fsp3) is 0.294. The number of benzene rings is 2. The number of hydrogen-bond acceptors (Lipinski definition) is 5. The van der Waals surface area contributed by atoms with Crippen LogP contribution in [0.2, 0.25) is 0 Å². The van der Waals surface area contributed by atoms with Crippen LogP contribution in [0.1, 0.15) is 11.1 Å². The van der Waals surface area contributed by atoms with Crippen molar-refractivity contribution < 1.29 is 18.1 Å². The SMILES string of the molecule is COC1(CNS(=O)(=O)c2ccc([N+](=O)[O-])cc2)Cc2ccccc2C1. The molecule has 0 unspecified atom stereocenters. The van der Waals surface area contributed by atoms with Gasteiger partial charge in [0.2, 0.25) is 10.0 Å². The van der Waals surface area contributed by atoms with Gasteiger partial charge >= 0.3 is 0 Å². The number of methoxy groups -OCH3 is 1. The molecule has 0 bridgehead atoms. The number of sulfonamides is 1. The minimum absolute atomic E-state index is 0.0140. The second kappa shape index (κ2) is 6.55. The van der Waals surface area contributed by atoms with Gasteiger partial charge in [0.05, 0.1) is 15.4 Å². The Bertz CT molecular complexity index is 869. The van der Waals surface area contributed by atoms with E-state index in [1.54, 1.807) is 7.11 Å². The normalized spacial score (nSPS) is 15.7. The molecule has 0 fully saturated rings. The lowest BCUT2D eigenvalue weighted by Crippen LogP contribution is -2.45. The molecule has 1 aliphatic carbocycles. The zero-order valence-electron chi connectivity index (χ0n) is 13.6. The van der Waals surface area contributed by atoms with E-state index in [9.17, 15) is 18.5 Å². The van der Waals surface area contributed by atoms with Crippen molar-refractivity contribution in [2.75, 3.05) is 13.7 Å². The van der Waals surface area contributed by atoms with Gasteiger partial charge in [-0.2, -0.15) is 0 Å². The summed E-state index contributed by atoms with van der Waals surface area (Å²) in [5, 5.41) is 10.7. The number of fused-ring (bicyclic) bond motifs is 1. The van der Waals surface area contributed by atoms with Crippen LogP contribution in [0.25, 0.3) is 0 Å². The zero-order chi connectivity index (χ0) is 18.1. The average molecular weight is 362 g/mol. The van der Waals surface area contributed by atoms with Gasteiger partial charge in [0.15, 0.2) is 0 Å². The summed E-state index contributed by atoms with van der Waals surface area (Å²) in [4.78, 5) is 10.1. The summed E-state index contributed by atoms with van der Waals surface area (Å²) in [6.07, 6.45) is 1.25. The molecule has 0 radical (unpaired) electrons. The molecule has 0 amide bonds. The lowest BCUT2D eigenvalue weighted by atomic mass is 10.0. The number of rotatable bonds is 6. The van der Waals surface area contributed by atoms with E-state index >= 15 is 0 Å². The third kappa shape index (κ3) is 3.55. The van der Waals surface area contributed by atoms with Crippen molar-refractivity contribution in [2.24, 2.45) is 0 Å². The van der Waals surface area contributed by atoms with Crippen LogP contribution in [0.3, 0.4) is 0 Å². The van der Waals surface area contributed by atoms with Crippen molar-refractivity contribution in [3.8, 4) is 0 Å². The van der Waals surface area contributed by atoms with Crippen molar-refractivity contribution in [2.45, 2.75) is 23.3 Å². The van der Waals surface area contributed by atoms with E-state index < -0.39 is 20.5 Å². The maximum absolute atomic E-state index is 12.5. The molecule has 0 spiro atoms. The molecule has 0 aromatic heterocycles. The highest BCUT2D eigenvalue weighted by atomic mass is 32.2. The minimum atomic E-state index is -3.78. The van der Waals surface area contributed by atoms with E-state index in [0.717, 1.165) is 11.1 Å². The van der Waals surface area contributed by atoms with E-state index in [1.165, 1.54) is 24.3 Å². The number of nitro benzene ring substituents is 1. The molecule has 0 aliphatic heterocycles. The first-order valence-corrected chi connectivity index (χ1v) is 9.20. The molecule has 0 atom stereocenters. The summed E-state index contributed by atoms with van der Waals surface area (Å²) in [5.74, 6) is 0. The second-order valence-corrected chi connectivity index (χ2v) is 7.85. The summed E-state index contributed by atoms with van der Waals surface area (Å²) >= 11 is 0. The molecule has 25 heavy (non-hydrogen) atoms. The Morgan fingerprint density at radius 2 is 1.68 bits per heavy atom. The Kier molecular flexibility index (Phi) is 4.59. The quantitative estimate of drug-likeness (QED) is 0.626. The second-order valence-electron chi connectivity index (χ2n) is 6.08. The molecule has 1 N–H and O–H groups in total. The smallest absolute Gasteiger partial charge is 0.269 e. The van der Waals surface area contributed by atoms with Crippen LogP contribution >= 0.6 is 0 Å². The Hall–Kier alpha value is -2.29. The molecular weight excluding hydrogens is 344 g/mol. The predicted octanol–water partition coefficient (Wildman–Crippen LogP) is 2.06. The van der Waals surface area contributed by atoms with Crippen LogP contribution < -0.4 is 4.72 Å². The van der Waals surface area contributed by atoms with E-state index in [2.05, 4.69) is 4.72 Å². The van der Waals surface area contributed by atoms with Gasteiger partial charge in [0.1, 0.15) is 0 Å². The summed E-state index contributed by atoms with van der Waals surface area (Å²) in [6.45, 7) is 0.123. The maximum atomic E-state index is 12.5. The van der Waals surface area contributed by atoms with Crippen molar-refractivity contribution >= 4 is 15.7 Å². The molecule has 2 aromatic rings. The van der Waals surface area contributed by atoms with E-state index in [4.69, 9.17) is 4.74 Å². The van der Waals surface area contributed by atoms with Crippen molar-refractivity contribution in [1.82, 2.24) is 4.72 Å². The summed E-state index contributed by atoms with van der Waals surface area (Å²) in [5.41, 5.74) is 1.52. The highest BCUT2D eigenvalue weighted by molar-refractivity contribution is 7.89. The number of nitrogens with zero attached hydrogens (tertiary/aromatic N) is 1.